The van der Waals surface area contributed by atoms with Crippen LogP contribution < -0.4 is 26.2 Å². The van der Waals surface area contributed by atoms with Crippen LogP contribution in [0.1, 0.15) is 25.5 Å². The number of anilines is 1. The Hall–Kier alpha value is -3.66. The number of hydrogen-bond donors (Lipinski definition) is 4. The summed E-state index contributed by atoms with van der Waals surface area (Å²) in [6.45, 7) is 2.44. The van der Waals surface area contributed by atoms with Gasteiger partial charge in [-0.1, -0.05) is 0 Å². The average molecular weight is 430 g/mol. The number of nitrogens with one attached hydrogen (secondary N) is 4. The molecule has 158 valence electrons. The number of ether oxygens (including phenoxy) is 1. The van der Waals surface area contributed by atoms with Gasteiger partial charge in [-0.15, -0.1) is 0 Å². The maximum atomic E-state index is 11.9. The van der Waals surface area contributed by atoms with Crippen molar-refractivity contribution in [1.29, 1.82) is 0 Å². The van der Waals surface area contributed by atoms with E-state index in [2.05, 4.69) is 21.5 Å². The van der Waals surface area contributed by atoms with Gasteiger partial charge in [0.05, 0.1) is 12.9 Å². The summed E-state index contributed by atoms with van der Waals surface area (Å²) in [5.41, 5.74) is 5.31. The lowest BCUT2D eigenvalue weighted by atomic mass is 10.2. The van der Waals surface area contributed by atoms with Crippen molar-refractivity contribution in [3.63, 3.8) is 0 Å². The van der Waals surface area contributed by atoms with E-state index in [0.29, 0.717) is 23.8 Å². The summed E-state index contributed by atoms with van der Waals surface area (Å²) in [5, 5.41) is 4.96. The molecule has 0 bridgehead atoms. The first-order valence-electron chi connectivity index (χ1n) is 9.10. The Morgan fingerprint density at radius 2 is 1.80 bits per heavy atom. The first-order valence-corrected chi connectivity index (χ1v) is 9.51. The van der Waals surface area contributed by atoms with Crippen molar-refractivity contribution in [3.8, 4) is 5.75 Å². The van der Waals surface area contributed by atoms with E-state index >= 15 is 0 Å². The summed E-state index contributed by atoms with van der Waals surface area (Å²) in [6.07, 6.45) is 4.10. The van der Waals surface area contributed by atoms with Gasteiger partial charge in [0.2, 0.25) is 17.7 Å². The van der Waals surface area contributed by atoms with E-state index in [9.17, 15) is 14.4 Å². The predicted molar refractivity (Wildman–Crippen MR) is 115 cm³/mol. The Morgan fingerprint density at radius 1 is 1.07 bits per heavy atom. The maximum absolute atomic E-state index is 11.9. The Labute approximate surface area is 178 Å². The summed E-state index contributed by atoms with van der Waals surface area (Å²) in [7, 11) is 0. The van der Waals surface area contributed by atoms with Crippen LogP contribution in [0.3, 0.4) is 0 Å². The van der Waals surface area contributed by atoms with Gasteiger partial charge < -0.3 is 14.5 Å². The van der Waals surface area contributed by atoms with Crippen molar-refractivity contribution < 1.29 is 23.5 Å². The standard InChI is InChI=1S/C20H22N4O5S/c1-2-28-16-7-5-14(6-8-16)21-17(25)11-12-19(27)23-24-20(30)22-18(26)10-9-15-4-3-13-29-15/h3-10,13H,2,11-12H2,1H3,(H,21,25)(H,23,27)(H2,22,24,26,30). The van der Waals surface area contributed by atoms with Gasteiger partial charge in [-0.3, -0.25) is 30.6 Å². The zero-order valence-corrected chi connectivity index (χ0v) is 17.1. The third-order valence-electron chi connectivity index (χ3n) is 3.52. The number of furan rings is 1. The second-order valence-electron chi connectivity index (χ2n) is 5.85. The topological polar surface area (TPSA) is 122 Å². The zero-order valence-electron chi connectivity index (χ0n) is 16.3. The molecule has 0 fully saturated rings. The molecule has 0 atom stereocenters. The molecule has 0 spiro atoms. The van der Waals surface area contributed by atoms with Crippen molar-refractivity contribution >= 4 is 46.8 Å². The number of benzene rings is 1. The molecule has 1 heterocycles. The number of amides is 3. The minimum atomic E-state index is -0.493. The molecule has 2 aromatic rings. The summed E-state index contributed by atoms with van der Waals surface area (Å²) < 4.78 is 10.4. The highest BCUT2D eigenvalue weighted by Crippen LogP contribution is 2.15. The Kier molecular flexibility index (Phi) is 9.07. The molecule has 0 saturated carbocycles. The van der Waals surface area contributed by atoms with Crippen molar-refractivity contribution in [2.24, 2.45) is 0 Å². The van der Waals surface area contributed by atoms with Crippen LogP contribution in [0.25, 0.3) is 6.08 Å². The monoisotopic (exact) mass is 430 g/mol. The molecule has 30 heavy (non-hydrogen) atoms. The molecule has 3 amide bonds. The molecule has 1 aromatic heterocycles. The van der Waals surface area contributed by atoms with E-state index in [4.69, 9.17) is 21.4 Å². The summed E-state index contributed by atoms with van der Waals surface area (Å²) in [6, 6.07) is 10.3. The van der Waals surface area contributed by atoms with Crippen molar-refractivity contribution in [3.05, 3.63) is 54.5 Å². The van der Waals surface area contributed by atoms with Gasteiger partial charge in [0.15, 0.2) is 5.11 Å². The lowest BCUT2D eigenvalue weighted by molar-refractivity contribution is -0.124. The van der Waals surface area contributed by atoms with E-state index in [1.54, 1.807) is 36.4 Å². The lowest BCUT2D eigenvalue weighted by Crippen LogP contribution is -2.48. The van der Waals surface area contributed by atoms with Gasteiger partial charge >= 0.3 is 0 Å². The zero-order chi connectivity index (χ0) is 21.8. The highest BCUT2D eigenvalue weighted by molar-refractivity contribution is 7.80. The van der Waals surface area contributed by atoms with Gasteiger partial charge in [0.25, 0.3) is 0 Å². The predicted octanol–water partition coefficient (Wildman–Crippen LogP) is 2.13. The number of hydrazine groups is 1. The van der Waals surface area contributed by atoms with E-state index in [-0.39, 0.29) is 23.9 Å². The minimum Gasteiger partial charge on any atom is -0.494 e. The average Bonchev–Trinajstić information content (AvgIpc) is 3.24. The molecule has 1 aromatic carbocycles. The fourth-order valence-electron chi connectivity index (χ4n) is 2.17. The van der Waals surface area contributed by atoms with Gasteiger partial charge in [-0.05, 0) is 61.6 Å². The van der Waals surface area contributed by atoms with Crippen LogP contribution in [-0.2, 0) is 14.4 Å². The summed E-state index contributed by atoms with van der Waals surface area (Å²) >= 11 is 4.91. The number of hydrogen-bond acceptors (Lipinski definition) is 6. The third-order valence-corrected chi connectivity index (χ3v) is 3.73. The first kappa shape index (κ1) is 22.6. The van der Waals surface area contributed by atoms with Gasteiger partial charge in [-0.2, -0.15) is 0 Å². The van der Waals surface area contributed by atoms with Crippen LogP contribution in [0.2, 0.25) is 0 Å². The van der Waals surface area contributed by atoms with Crippen LogP contribution in [0.4, 0.5) is 5.69 Å². The second-order valence-corrected chi connectivity index (χ2v) is 6.25. The third kappa shape index (κ3) is 8.57. The van der Waals surface area contributed by atoms with Crippen molar-refractivity contribution in [2.75, 3.05) is 11.9 Å². The van der Waals surface area contributed by atoms with Gasteiger partial charge in [-0.25, -0.2) is 0 Å². The van der Waals surface area contributed by atoms with E-state index in [1.165, 1.54) is 18.4 Å². The largest absolute Gasteiger partial charge is 0.494 e. The molecule has 0 unspecified atom stereocenters. The van der Waals surface area contributed by atoms with Crippen molar-refractivity contribution in [1.82, 2.24) is 16.2 Å². The Bertz CT molecular complexity index is 894. The second kappa shape index (κ2) is 12.0. The lowest BCUT2D eigenvalue weighted by Gasteiger charge is -2.10. The van der Waals surface area contributed by atoms with Crippen LogP contribution in [0.5, 0.6) is 5.75 Å². The van der Waals surface area contributed by atoms with Gasteiger partial charge in [0, 0.05) is 24.6 Å². The summed E-state index contributed by atoms with van der Waals surface area (Å²) in [5.74, 6) is -0.0398. The molecule has 9 nitrogen and oxygen atoms in total. The Morgan fingerprint density at radius 3 is 2.47 bits per heavy atom. The Balaban J connectivity index is 1.63. The van der Waals surface area contributed by atoms with Crippen LogP contribution >= 0.6 is 12.2 Å². The molecule has 0 saturated heterocycles. The van der Waals surface area contributed by atoms with Crippen LogP contribution in [0.15, 0.2) is 53.2 Å². The molecular formula is C20H22N4O5S. The first-order chi connectivity index (χ1) is 14.5. The SMILES string of the molecule is CCOc1ccc(NC(=O)CCC(=O)NNC(=S)NC(=O)C=Cc2ccco2)cc1. The quantitative estimate of drug-likeness (QED) is 0.288. The minimum absolute atomic E-state index is 0.0221. The number of thiocarbonyl (C=S) groups is 1. The molecule has 0 aliphatic carbocycles. The van der Waals surface area contributed by atoms with E-state index in [0.717, 1.165) is 0 Å². The molecule has 2 rings (SSSR count). The number of carbonyl (C=O) groups excluding carboxylic acids is 3. The molecular weight excluding hydrogens is 408 g/mol. The highest BCUT2D eigenvalue weighted by atomic mass is 32.1. The van der Waals surface area contributed by atoms with Crippen LogP contribution in [-0.4, -0.2) is 29.4 Å². The fraction of sp³-hybridized carbons (Fsp3) is 0.200. The smallest absolute Gasteiger partial charge is 0.250 e. The maximum Gasteiger partial charge on any atom is 0.250 e. The van der Waals surface area contributed by atoms with E-state index in [1.807, 2.05) is 6.92 Å². The number of rotatable bonds is 8. The molecule has 4 N–H and O–H groups in total. The summed E-state index contributed by atoms with van der Waals surface area (Å²) in [4.78, 5) is 35.5. The molecule has 0 aliphatic heterocycles. The highest BCUT2D eigenvalue weighted by Gasteiger charge is 2.08. The fourth-order valence-corrected chi connectivity index (χ4v) is 2.32. The van der Waals surface area contributed by atoms with Crippen molar-refractivity contribution in [2.45, 2.75) is 19.8 Å². The molecule has 10 heteroatoms. The number of carbonyl (C=O) groups is 3. The van der Waals surface area contributed by atoms with Gasteiger partial charge in [0.1, 0.15) is 11.5 Å². The van der Waals surface area contributed by atoms with Crippen LogP contribution in [0, 0.1) is 0 Å². The molecule has 0 radical (unpaired) electrons. The normalized spacial score (nSPS) is 10.3. The molecule has 0 aliphatic rings. The van der Waals surface area contributed by atoms with E-state index < -0.39 is 11.8 Å².